The highest BCUT2D eigenvalue weighted by Gasteiger charge is 2.17. The summed E-state index contributed by atoms with van der Waals surface area (Å²) >= 11 is 1.53. The number of hydrogen-bond acceptors (Lipinski definition) is 5. The van der Waals surface area contributed by atoms with Gasteiger partial charge in [-0.05, 0) is 49.6 Å². The Hall–Kier alpha value is -3.26. The van der Waals surface area contributed by atoms with Crippen LogP contribution in [0.1, 0.15) is 17.1 Å². The van der Waals surface area contributed by atoms with Gasteiger partial charge in [-0.15, -0.1) is 11.3 Å². The minimum atomic E-state index is -0.332. The van der Waals surface area contributed by atoms with Crippen LogP contribution in [0.15, 0.2) is 52.3 Å². The maximum Gasteiger partial charge on any atom is 0.236 e. The van der Waals surface area contributed by atoms with Crippen molar-refractivity contribution in [2.75, 3.05) is 5.32 Å². The Balaban J connectivity index is 1.53. The van der Waals surface area contributed by atoms with Crippen molar-refractivity contribution in [1.82, 2.24) is 14.8 Å². The average molecular weight is 396 g/mol. The number of benzene rings is 1. The molecule has 0 saturated carbocycles. The Morgan fingerprint density at radius 1 is 1.25 bits per heavy atom. The van der Waals surface area contributed by atoms with Gasteiger partial charge in [-0.2, -0.15) is 5.10 Å². The second-order valence-corrected chi connectivity index (χ2v) is 7.23. The van der Waals surface area contributed by atoms with Crippen molar-refractivity contribution in [1.29, 1.82) is 0 Å². The van der Waals surface area contributed by atoms with Crippen LogP contribution in [0, 0.1) is 19.7 Å². The van der Waals surface area contributed by atoms with Crippen LogP contribution in [0.25, 0.3) is 16.5 Å². The molecule has 28 heavy (non-hydrogen) atoms. The molecule has 0 saturated heterocycles. The second-order valence-electron chi connectivity index (χ2n) is 6.28. The van der Waals surface area contributed by atoms with Crippen molar-refractivity contribution in [3.05, 3.63) is 70.8 Å². The molecule has 3 heterocycles. The number of nitrogens with zero attached hydrogens (tertiary/aromatic N) is 3. The Morgan fingerprint density at radius 3 is 2.75 bits per heavy atom. The molecule has 6 nitrogen and oxygen atoms in total. The number of amides is 1. The summed E-state index contributed by atoms with van der Waals surface area (Å²) in [4.78, 5) is 18.0. The lowest BCUT2D eigenvalue weighted by molar-refractivity contribution is -0.115. The fourth-order valence-corrected chi connectivity index (χ4v) is 3.45. The van der Waals surface area contributed by atoms with Crippen LogP contribution in [0.2, 0.25) is 0 Å². The first-order valence-corrected chi connectivity index (χ1v) is 9.50. The van der Waals surface area contributed by atoms with Gasteiger partial charge in [0, 0.05) is 6.07 Å². The van der Waals surface area contributed by atoms with Crippen LogP contribution < -0.4 is 5.32 Å². The number of oxazole rings is 1. The van der Waals surface area contributed by atoms with E-state index in [1.165, 1.54) is 23.5 Å². The number of thiophene rings is 1. The van der Waals surface area contributed by atoms with Crippen LogP contribution >= 0.6 is 11.3 Å². The fraction of sp³-hybridized carbons (Fsp3) is 0.150. The summed E-state index contributed by atoms with van der Waals surface area (Å²) in [6, 6.07) is 11.5. The molecule has 4 rings (SSSR count). The second kappa shape index (κ2) is 7.40. The maximum atomic E-state index is 13.2. The number of carbonyl (C=O) groups is 1. The van der Waals surface area contributed by atoms with E-state index in [0.29, 0.717) is 28.9 Å². The Bertz CT molecular complexity index is 1110. The predicted molar refractivity (Wildman–Crippen MR) is 105 cm³/mol. The van der Waals surface area contributed by atoms with Crippen LogP contribution in [0.4, 0.5) is 10.2 Å². The average Bonchev–Trinajstić information content (AvgIpc) is 3.37. The van der Waals surface area contributed by atoms with E-state index < -0.39 is 0 Å². The zero-order chi connectivity index (χ0) is 19.7. The number of aromatic nitrogens is 3. The van der Waals surface area contributed by atoms with Gasteiger partial charge in [-0.1, -0.05) is 6.07 Å². The predicted octanol–water partition coefficient (Wildman–Crippen LogP) is 4.53. The third-order valence-corrected chi connectivity index (χ3v) is 4.98. The molecular weight excluding hydrogens is 379 g/mol. The molecule has 0 radical (unpaired) electrons. The summed E-state index contributed by atoms with van der Waals surface area (Å²) in [6.07, 6.45) is 0.0777. The minimum Gasteiger partial charge on any atom is -0.440 e. The Labute approximate surface area is 164 Å². The lowest BCUT2D eigenvalue weighted by atomic mass is 10.2. The largest absolute Gasteiger partial charge is 0.440 e. The quantitative estimate of drug-likeness (QED) is 0.538. The summed E-state index contributed by atoms with van der Waals surface area (Å²) < 4.78 is 20.4. The molecule has 1 amide bonds. The van der Waals surface area contributed by atoms with E-state index in [1.54, 1.807) is 29.8 Å². The van der Waals surface area contributed by atoms with Gasteiger partial charge in [-0.3, -0.25) is 4.79 Å². The van der Waals surface area contributed by atoms with E-state index in [9.17, 15) is 9.18 Å². The molecule has 1 N–H and O–H groups in total. The molecule has 0 fully saturated rings. The summed E-state index contributed by atoms with van der Waals surface area (Å²) in [7, 11) is 0. The number of nitrogens with one attached hydrogen (secondary N) is 1. The summed E-state index contributed by atoms with van der Waals surface area (Å²) in [5.41, 5.74) is 1.98. The molecule has 8 heteroatoms. The van der Waals surface area contributed by atoms with E-state index in [0.717, 1.165) is 10.6 Å². The highest BCUT2D eigenvalue weighted by Crippen LogP contribution is 2.26. The van der Waals surface area contributed by atoms with Gasteiger partial charge < -0.3 is 9.73 Å². The molecule has 0 unspecified atom stereocenters. The zero-order valence-electron chi connectivity index (χ0n) is 15.3. The van der Waals surface area contributed by atoms with Crippen molar-refractivity contribution in [2.45, 2.75) is 20.3 Å². The molecule has 0 aliphatic carbocycles. The number of halogens is 1. The summed E-state index contributed by atoms with van der Waals surface area (Å²) in [6.45, 7) is 3.62. The van der Waals surface area contributed by atoms with Gasteiger partial charge in [0.2, 0.25) is 11.8 Å². The van der Waals surface area contributed by atoms with Crippen LogP contribution in [0.5, 0.6) is 0 Å². The van der Waals surface area contributed by atoms with Crippen LogP contribution in [0.3, 0.4) is 0 Å². The molecule has 142 valence electrons. The van der Waals surface area contributed by atoms with Crippen molar-refractivity contribution < 1.29 is 13.6 Å². The van der Waals surface area contributed by atoms with Crippen molar-refractivity contribution in [3.63, 3.8) is 0 Å². The van der Waals surface area contributed by atoms with Gasteiger partial charge in [0.05, 0.1) is 28.4 Å². The van der Waals surface area contributed by atoms with Crippen molar-refractivity contribution >= 4 is 23.1 Å². The molecule has 0 spiro atoms. The van der Waals surface area contributed by atoms with Crippen molar-refractivity contribution in [2.24, 2.45) is 0 Å². The molecular formula is C20H17FN4O2S. The standard InChI is InChI=1S/C20H17FN4O2S/c1-12-10-18(25(24-12)15-7-5-14(21)6-8-15)23-19(26)11-16-13(2)27-20(22-16)17-4-3-9-28-17/h3-10H,11H2,1-2H3,(H,23,26). The highest BCUT2D eigenvalue weighted by atomic mass is 32.1. The number of rotatable bonds is 5. The minimum absolute atomic E-state index is 0.0777. The molecule has 3 aromatic heterocycles. The van der Waals surface area contributed by atoms with E-state index in [2.05, 4.69) is 15.4 Å². The fourth-order valence-electron chi connectivity index (χ4n) is 2.80. The summed E-state index contributed by atoms with van der Waals surface area (Å²) in [5, 5.41) is 9.17. The highest BCUT2D eigenvalue weighted by molar-refractivity contribution is 7.13. The maximum absolute atomic E-state index is 13.2. The molecule has 4 aromatic rings. The van der Waals surface area contributed by atoms with E-state index >= 15 is 0 Å². The molecule has 1 aromatic carbocycles. The van der Waals surface area contributed by atoms with E-state index in [4.69, 9.17) is 4.42 Å². The number of anilines is 1. The smallest absolute Gasteiger partial charge is 0.236 e. The number of carbonyl (C=O) groups excluding carboxylic acids is 1. The van der Waals surface area contributed by atoms with E-state index in [1.807, 2.05) is 24.4 Å². The summed E-state index contributed by atoms with van der Waals surface area (Å²) in [5.74, 6) is 1.07. The van der Waals surface area contributed by atoms with Gasteiger partial charge in [-0.25, -0.2) is 14.1 Å². The molecule has 0 bridgehead atoms. The molecule has 0 aliphatic rings. The lowest BCUT2D eigenvalue weighted by Crippen LogP contribution is -2.17. The van der Waals surface area contributed by atoms with E-state index in [-0.39, 0.29) is 18.1 Å². The van der Waals surface area contributed by atoms with Crippen molar-refractivity contribution in [3.8, 4) is 16.5 Å². The SMILES string of the molecule is Cc1cc(NC(=O)Cc2nc(-c3cccs3)oc2C)n(-c2ccc(F)cc2)n1. The Morgan fingerprint density at radius 2 is 2.04 bits per heavy atom. The molecule has 0 atom stereocenters. The third kappa shape index (κ3) is 3.72. The Kier molecular flexibility index (Phi) is 4.79. The number of aryl methyl sites for hydroxylation is 2. The number of hydrogen-bond donors (Lipinski definition) is 1. The molecule has 0 aliphatic heterocycles. The van der Waals surface area contributed by atoms with Gasteiger partial charge >= 0.3 is 0 Å². The van der Waals surface area contributed by atoms with Gasteiger partial charge in [0.15, 0.2) is 0 Å². The van der Waals surface area contributed by atoms with Gasteiger partial charge in [0.25, 0.3) is 0 Å². The van der Waals surface area contributed by atoms with Crippen LogP contribution in [-0.2, 0) is 11.2 Å². The first kappa shape index (κ1) is 18.1. The lowest BCUT2D eigenvalue weighted by Gasteiger charge is -2.08. The van der Waals surface area contributed by atoms with Crippen LogP contribution in [-0.4, -0.2) is 20.7 Å². The zero-order valence-corrected chi connectivity index (χ0v) is 16.1. The third-order valence-electron chi connectivity index (χ3n) is 4.12. The first-order valence-electron chi connectivity index (χ1n) is 8.62. The first-order chi connectivity index (χ1) is 13.5. The van der Waals surface area contributed by atoms with Gasteiger partial charge in [0.1, 0.15) is 17.4 Å². The normalized spacial score (nSPS) is 11.0. The topological polar surface area (TPSA) is 73.0 Å². The monoisotopic (exact) mass is 396 g/mol.